The van der Waals surface area contributed by atoms with Crippen LogP contribution in [-0.4, -0.2) is 18.2 Å². The fourth-order valence-electron chi connectivity index (χ4n) is 1.15. The Morgan fingerprint density at radius 1 is 1.73 bits per heavy atom. The average molecular weight is 153 g/mol. The molecule has 11 heavy (non-hydrogen) atoms. The van der Waals surface area contributed by atoms with Crippen molar-refractivity contribution < 1.29 is 9.59 Å². The molecular formula is C8H11NO2. The van der Waals surface area contributed by atoms with Gasteiger partial charge in [0.05, 0.1) is 0 Å². The normalized spacial score (nSPS) is 24.1. The lowest BCUT2D eigenvalue weighted by Crippen LogP contribution is -2.23. The van der Waals surface area contributed by atoms with Crippen LogP contribution in [0.5, 0.6) is 0 Å². The summed E-state index contributed by atoms with van der Waals surface area (Å²) in [5.41, 5.74) is 0. The molecule has 0 aromatic rings. The summed E-state index contributed by atoms with van der Waals surface area (Å²) in [5.74, 6) is -0.637. The molecule has 0 bridgehead atoms. The van der Waals surface area contributed by atoms with E-state index in [1.807, 2.05) is 0 Å². The fourth-order valence-corrected chi connectivity index (χ4v) is 1.15. The van der Waals surface area contributed by atoms with Gasteiger partial charge in [-0.3, -0.25) is 9.59 Å². The van der Waals surface area contributed by atoms with Crippen molar-refractivity contribution in [2.24, 2.45) is 5.92 Å². The minimum absolute atomic E-state index is 0.0810. The maximum Gasteiger partial charge on any atom is 0.231 e. The molecule has 1 saturated heterocycles. The molecule has 1 heterocycles. The highest BCUT2D eigenvalue weighted by Gasteiger charge is 2.28. The maximum atomic E-state index is 11.1. The van der Waals surface area contributed by atoms with Gasteiger partial charge in [0.15, 0.2) is 5.78 Å². The molecule has 1 aliphatic heterocycles. The van der Waals surface area contributed by atoms with Gasteiger partial charge >= 0.3 is 0 Å². The molecule has 1 rings (SSSR count). The zero-order valence-corrected chi connectivity index (χ0v) is 6.46. The smallest absolute Gasteiger partial charge is 0.231 e. The van der Waals surface area contributed by atoms with E-state index in [0.717, 1.165) is 0 Å². The van der Waals surface area contributed by atoms with Crippen LogP contribution in [0.15, 0.2) is 12.2 Å². The number of hydrogen-bond acceptors (Lipinski definition) is 2. The first-order valence-corrected chi connectivity index (χ1v) is 3.70. The SMILES string of the molecule is C/C=C/C(=O)C1CCNC1=O. The Morgan fingerprint density at radius 3 is 2.91 bits per heavy atom. The molecule has 3 nitrogen and oxygen atoms in total. The zero-order valence-electron chi connectivity index (χ0n) is 6.46. The molecule has 0 aromatic heterocycles. The molecule has 1 aliphatic rings. The van der Waals surface area contributed by atoms with Crippen LogP contribution >= 0.6 is 0 Å². The molecule has 0 radical (unpaired) electrons. The Morgan fingerprint density at radius 2 is 2.45 bits per heavy atom. The zero-order chi connectivity index (χ0) is 8.27. The van der Waals surface area contributed by atoms with Crippen LogP contribution in [0.3, 0.4) is 0 Å². The summed E-state index contributed by atoms with van der Waals surface area (Å²) in [4.78, 5) is 22.0. The highest BCUT2D eigenvalue weighted by atomic mass is 16.2. The van der Waals surface area contributed by atoms with Crippen molar-refractivity contribution in [3.05, 3.63) is 12.2 Å². The average Bonchev–Trinajstić information content (AvgIpc) is 2.36. The summed E-state index contributed by atoms with van der Waals surface area (Å²) < 4.78 is 0. The van der Waals surface area contributed by atoms with E-state index >= 15 is 0 Å². The van der Waals surface area contributed by atoms with Gasteiger partial charge in [-0.15, -0.1) is 0 Å². The second-order valence-corrected chi connectivity index (χ2v) is 2.53. The third kappa shape index (κ3) is 1.67. The lowest BCUT2D eigenvalue weighted by atomic mass is 10.0. The predicted octanol–water partition coefficient (Wildman–Crippen LogP) is 0.268. The predicted molar refractivity (Wildman–Crippen MR) is 40.9 cm³/mol. The van der Waals surface area contributed by atoms with E-state index < -0.39 is 5.92 Å². The van der Waals surface area contributed by atoms with E-state index in [9.17, 15) is 9.59 Å². The van der Waals surface area contributed by atoms with Crippen LogP contribution in [0.1, 0.15) is 13.3 Å². The molecule has 1 fully saturated rings. The van der Waals surface area contributed by atoms with Crippen LogP contribution in [0.4, 0.5) is 0 Å². The van der Waals surface area contributed by atoms with Crippen molar-refractivity contribution in [3.8, 4) is 0 Å². The van der Waals surface area contributed by atoms with E-state index in [4.69, 9.17) is 0 Å². The molecule has 1 atom stereocenters. The van der Waals surface area contributed by atoms with Gasteiger partial charge in [-0.05, 0) is 19.4 Å². The highest BCUT2D eigenvalue weighted by Crippen LogP contribution is 2.10. The third-order valence-corrected chi connectivity index (χ3v) is 1.72. The van der Waals surface area contributed by atoms with Crippen LogP contribution in [-0.2, 0) is 9.59 Å². The summed E-state index contributed by atoms with van der Waals surface area (Å²) in [5, 5.41) is 2.62. The molecule has 1 amide bonds. The van der Waals surface area contributed by atoms with Gasteiger partial charge in [-0.2, -0.15) is 0 Å². The Balaban J connectivity index is 2.59. The first kappa shape index (κ1) is 7.98. The van der Waals surface area contributed by atoms with E-state index in [0.29, 0.717) is 13.0 Å². The number of ketones is 1. The number of carbonyl (C=O) groups is 2. The summed E-state index contributed by atoms with van der Waals surface area (Å²) >= 11 is 0. The number of carbonyl (C=O) groups excluding carboxylic acids is 2. The highest BCUT2D eigenvalue weighted by molar-refractivity contribution is 6.07. The van der Waals surface area contributed by atoms with Crippen molar-refractivity contribution in [1.82, 2.24) is 5.32 Å². The summed E-state index contributed by atoms with van der Waals surface area (Å²) in [6.45, 7) is 2.40. The maximum absolute atomic E-state index is 11.1. The Kier molecular flexibility index (Phi) is 2.41. The second kappa shape index (κ2) is 3.32. The lowest BCUT2D eigenvalue weighted by Gasteiger charge is -1.98. The van der Waals surface area contributed by atoms with Crippen molar-refractivity contribution in [2.45, 2.75) is 13.3 Å². The van der Waals surface area contributed by atoms with Gasteiger partial charge in [0.1, 0.15) is 5.92 Å². The van der Waals surface area contributed by atoms with Crippen molar-refractivity contribution in [3.63, 3.8) is 0 Å². The fraction of sp³-hybridized carbons (Fsp3) is 0.500. The van der Waals surface area contributed by atoms with E-state index in [-0.39, 0.29) is 11.7 Å². The number of rotatable bonds is 2. The largest absolute Gasteiger partial charge is 0.355 e. The summed E-state index contributed by atoms with van der Waals surface area (Å²) in [6, 6.07) is 0. The standard InChI is InChI=1S/C8H11NO2/c1-2-3-7(10)6-4-5-9-8(6)11/h2-3,6H,4-5H2,1H3,(H,9,11)/b3-2+. The Bertz CT molecular complexity index is 208. The summed E-state index contributed by atoms with van der Waals surface area (Å²) in [7, 11) is 0. The van der Waals surface area contributed by atoms with E-state index in [1.54, 1.807) is 13.0 Å². The molecule has 0 spiro atoms. The number of allylic oxidation sites excluding steroid dienone is 2. The lowest BCUT2D eigenvalue weighted by molar-refractivity contribution is -0.129. The molecule has 0 aliphatic carbocycles. The van der Waals surface area contributed by atoms with Crippen molar-refractivity contribution >= 4 is 11.7 Å². The van der Waals surface area contributed by atoms with Gasteiger partial charge in [0, 0.05) is 6.54 Å². The van der Waals surface area contributed by atoms with Crippen molar-refractivity contribution in [2.75, 3.05) is 6.54 Å². The number of amides is 1. The quantitative estimate of drug-likeness (QED) is 0.457. The monoisotopic (exact) mass is 153 g/mol. The topological polar surface area (TPSA) is 46.2 Å². The first-order chi connectivity index (χ1) is 5.25. The minimum Gasteiger partial charge on any atom is -0.355 e. The van der Waals surface area contributed by atoms with Gasteiger partial charge in [-0.1, -0.05) is 6.08 Å². The summed E-state index contributed by atoms with van der Waals surface area (Å²) in [6.07, 6.45) is 3.76. The van der Waals surface area contributed by atoms with E-state index in [1.165, 1.54) is 6.08 Å². The Hall–Kier alpha value is -1.12. The molecule has 1 unspecified atom stereocenters. The van der Waals surface area contributed by atoms with Gasteiger partial charge in [0.25, 0.3) is 0 Å². The molecule has 1 N–H and O–H groups in total. The number of nitrogens with one attached hydrogen (secondary N) is 1. The van der Waals surface area contributed by atoms with Gasteiger partial charge < -0.3 is 5.32 Å². The van der Waals surface area contributed by atoms with Crippen molar-refractivity contribution in [1.29, 1.82) is 0 Å². The van der Waals surface area contributed by atoms with Gasteiger partial charge in [0.2, 0.25) is 5.91 Å². The van der Waals surface area contributed by atoms with E-state index in [2.05, 4.69) is 5.32 Å². The Labute approximate surface area is 65.5 Å². The van der Waals surface area contributed by atoms with Crippen LogP contribution in [0.2, 0.25) is 0 Å². The van der Waals surface area contributed by atoms with Crippen LogP contribution in [0.25, 0.3) is 0 Å². The third-order valence-electron chi connectivity index (χ3n) is 1.72. The van der Waals surface area contributed by atoms with Gasteiger partial charge in [-0.25, -0.2) is 0 Å². The molecule has 3 heteroatoms. The first-order valence-electron chi connectivity index (χ1n) is 3.70. The second-order valence-electron chi connectivity index (χ2n) is 2.53. The molecule has 0 aromatic carbocycles. The minimum atomic E-state index is -0.425. The molecule has 60 valence electrons. The van der Waals surface area contributed by atoms with Crippen LogP contribution < -0.4 is 5.32 Å². The molecular weight excluding hydrogens is 142 g/mol. The number of hydrogen-bond donors (Lipinski definition) is 1. The van der Waals surface area contributed by atoms with Crippen LogP contribution in [0, 0.1) is 5.92 Å². The molecule has 0 saturated carbocycles.